The number of amides is 1. The summed E-state index contributed by atoms with van der Waals surface area (Å²) in [6.45, 7) is 3.10. The van der Waals surface area contributed by atoms with E-state index in [-0.39, 0.29) is 17.1 Å². The van der Waals surface area contributed by atoms with Gasteiger partial charge in [-0.05, 0) is 31.0 Å². The number of methoxy groups -OCH3 is 1. The molecule has 1 fully saturated rings. The quantitative estimate of drug-likeness (QED) is 0.530. The molecular formula is C21H24Cl2FN3O6. The first-order chi connectivity index (χ1) is 15.6. The second-order valence-electron chi connectivity index (χ2n) is 7.65. The first kappa shape index (κ1) is 25.2. The number of nitrogens with one attached hydrogen (secondary N) is 2. The molecular weight excluding hydrogens is 480 g/mol. The molecule has 0 bridgehead atoms. The maximum absolute atomic E-state index is 14.8. The molecule has 9 nitrogen and oxygen atoms in total. The van der Waals surface area contributed by atoms with E-state index >= 15 is 0 Å². The normalized spacial score (nSPS) is 23.4. The minimum absolute atomic E-state index is 0.220. The number of hydrogen-bond donors (Lipinski definition) is 3. The lowest BCUT2D eigenvalue weighted by atomic mass is 9.99. The highest BCUT2D eigenvalue weighted by Crippen LogP contribution is 2.35. The minimum atomic E-state index is -1.95. The predicted octanol–water partition coefficient (Wildman–Crippen LogP) is 1.93. The van der Waals surface area contributed by atoms with E-state index in [1.807, 2.05) is 0 Å². The van der Waals surface area contributed by atoms with Crippen molar-refractivity contribution in [1.82, 2.24) is 14.9 Å². The number of aromatic nitrogens is 2. The Morgan fingerprint density at radius 3 is 2.70 bits per heavy atom. The van der Waals surface area contributed by atoms with Crippen molar-refractivity contribution in [2.75, 3.05) is 13.7 Å². The van der Waals surface area contributed by atoms with Gasteiger partial charge in [-0.15, -0.1) is 0 Å². The maximum atomic E-state index is 14.8. The van der Waals surface area contributed by atoms with Crippen LogP contribution in [0.5, 0.6) is 5.75 Å². The molecule has 1 aromatic heterocycles. The van der Waals surface area contributed by atoms with Crippen LogP contribution in [0.1, 0.15) is 37.1 Å². The van der Waals surface area contributed by atoms with Crippen LogP contribution < -0.4 is 21.3 Å². The lowest BCUT2D eigenvalue weighted by Crippen LogP contribution is -2.40. The number of hydrogen-bond acceptors (Lipinski definition) is 6. The van der Waals surface area contributed by atoms with Crippen LogP contribution in [-0.4, -0.2) is 52.6 Å². The molecule has 33 heavy (non-hydrogen) atoms. The molecule has 1 aromatic carbocycles. The average molecular weight is 504 g/mol. The summed E-state index contributed by atoms with van der Waals surface area (Å²) >= 11 is 12.2. The number of rotatable bonds is 7. The molecule has 12 heteroatoms. The Kier molecular flexibility index (Phi) is 7.84. The van der Waals surface area contributed by atoms with Crippen molar-refractivity contribution in [1.29, 1.82) is 0 Å². The van der Waals surface area contributed by atoms with Crippen molar-refractivity contribution in [3.8, 4) is 5.75 Å². The third-order valence-electron chi connectivity index (χ3n) is 5.60. The van der Waals surface area contributed by atoms with Gasteiger partial charge in [0.15, 0.2) is 12.4 Å². The van der Waals surface area contributed by atoms with Gasteiger partial charge in [0.2, 0.25) is 5.91 Å². The zero-order valence-corrected chi connectivity index (χ0v) is 19.6. The number of carbonyl (C=O) groups excluding carboxylic acids is 1. The summed E-state index contributed by atoms with van der Waals surface area (Å²) in [4.78, 5) is 38.7. The number of halogens is 3. The van der Waals surface area contributed by atoms with E-state index in [2.05, 4.69) is 10.3 Å². The van der Waals surface area contributed by atoms with E-state index in [1.54, 1.807) is 19.9 Å². The van der Waals surface area contributed by atoms with Crippen molar-refractivity contribution in [2.45, 2.75) is 50.8 Å². The van der Waals surface area contributed by atoms with Crippen LogP contribution in [0.25, 0.3) is 0 Å². The maximum Gasteiger partial charge on any atom is 0.330 e. The Morgan fingerprint density at radius 1 is 1.36 bits per heavy atom. The number of aromatic amines is 1. The predicted molar refractivity (Wildman–Crippen MR) is 120 cm³/mol. The standard InChI is InChI=1S/C21H24Cl2FN3O6/c1-4-10-8-27(21(31)26-19(10)30)20-16(24)17(28)15(33-20)7-25-18(29)9(2)11-5-14(32-3)13(23)6-12(11)22/h5-6,8-9,15-17,20,28H,4,7H2,1-3H3,(H,25,29)(H,26,30,31)/t9-,15+,16+,17+,20+/m0/s1. The van der Waals surface area contributed by atoms with Crippen molar-refractivity contribution in [2.24, 2.45) is 0 Å². The van der Waals surface area contributed by atoms with Gasteiger partial charge in [0.05, 0.1) is 18.1 Å². The molecule has 0 spiro atoms. The number of aliphatic hydroxyl groups is 1. The van der Waals surface area contributed by atoms with Gasteiger partial charge in [-0.25, -0.2) is 9.18 Å². The molecule has 5 atom stereocenters. The van der Waals surface area contributed by atoms with Gasteiger partial charge in [0.1, 0.15) is 18.0 Å². The van der Waals surface area contributed by atoms with E-state index in [9.17, 15) is 23.9 Å². The first-order valence-electron chi connectivity index (χ1n) is 10.2. The van der Waals surface area contributed by atoms with Gasteiger partial charge in [0.25, 0.3) is 5.56 Å². The van der Waals surface area contributed by atoms with Gasteiger partial charge in [-0.1, -0.05) is 30.1 Å². The van der Waals surface area contributed by atoms with Crippen molar-refractivity contribution < 1.29 is 23.8 Å². The van der Waals surface area contributed by atoms with Crippen LogP contribution in [-0.2, 0) is 16.0 Å². The van der Waals surface area contributed by atoms with Crippen LogP contribution in [0.4, 0.5) is 4.39 Å². The zero-order chi connectivity index (χ0) is 24.4. The van der Waals surface area contributed by atoms with Crippen LogP contribution in [0.15, 0.2) is 27.9 Å². The molecule has 0 unspecified atom stereocenters. The summed E-state index contributed by atoms with van der Waals surface area (Å²) in [7, 11) is 1.43. The highest BCUT2D eigenvalue weighted by molar-refractivity contribution is 6.36. The second-order valence-corrected chi connectivity index (χ2v) is 8.46. The Morgan fingerprint density at radius 2 is 2.06 bits per heavy atom. The number of benzene rings is 1. The number of nitrogens with zero attached hydrogens (tertiary/aromatic N) is 1. The lowest BCUT2D eigenvalue weighted by molar-refractivity contribution is -0.123. The van der Waals surface area contributed by atoms with Crippen molar-refractivity contribution in [3.05, 3.63) is 60.3 Å². The van der Waals surface area contributed by atoms with E-state index in [0.29, 0.717) is 22.8 Å². The van der Waals surface area contributed by atoms with Crippen LogP contribution in [0, 0.1) is 0 Å². The highest BCUT2D eigenvalue weighted by atomic mass is 35.5. The third kappa shape index (κ3) is 5.08. The van der Waals surface area contributed by atoms with Crippen molar-refractivity contribution in [3.63, 3.8) is 0 Å². The molecule has 0 saturated carbocycles. The third-order valence-corrected chi connectivity index (χ3v) is 6.22. The fourth-order valence-electron chi connectivity index (χ4n) is 3.59. The topological polar surface area (TPSA) is 123 Å². The number of aryl methyl sites for hydroxylation is 1. The van der Waals surface area contributed by atoms with Gasteiger partial charge in [-0.3, -0.25) is 19.1 Å². The summed E-state index contributed by atoms with van der Waals surface area (Å²) in [6, 6.07) is 3.02. The van der Waals surface area contributed by atoms with Crippen LogP contribution >= 0.6 is 23.2 Å². The Balaban J connectivity index is 1.72. The second kappa shape index (κ2) is 10.3. The number of aliphatic hydroxyl groups excluding tert-OH is 1. The lowest BCUT2D eigenvalue weighted by Gasteiger charge is -2.19. The Labute approximate surface area is 198 Å². The summed E-state index contributed by atoms with van der Waals surface area (Å²) in [5.41, 5.74) is -0.693. The molecule has 3 rings (SSSR count). The molecule has 180 valence electrons. The molecule has 2 heterocycles. The fourth-order valence-corrected chi connectivity index (χ4v) is 4.22. The first-order valence-corrected chi connectivity index (χ1v) is 11.0. The molecule has 3 N–H and O–H groups in total. The summed E-state index contributed by atoms with van der Waals surface area (Å²) < 4.78 is 26.4. The van der Waals surface area contributed by atoms with Gasteiger partial charge in [0, 0.05) is 23.3 Å². The largest absolute Gasteiger partial charge is 0.495 e. The van der Waals surface area contributed by atoms with Gasteiger partial charge in [-0.2, -0.15) is 0 Å². The number of H-pyrrole nitrogens is 1. The summed E-state index contributed by atoms with van der Waals surface area (Å²) in [5.74, 6) is -0.815. The molecule has 1 aliphatic heterocycles. The number of carbonyl (C=O) groups is 1. The fraction of sp³-hybridized carbons (Fsp3) is 0.476. The van der Waals surface area contributed by atoms with Crippen LogP contribution in [0.2, 0.25) is 10.0 Å². The zero-order valence-electron chi connectivity index (χ0n) is 18.1. The van der Waals surface area contributed by atoms with Gasteiger partial charge < -0.3 is 19.9 Å². The average Bonchev–Trinajstić information content (AvgIpc) is 3.05. The van der Waals surface area contributed by atoms with Crippen molar-refractivity contribution >= 4 is 29.1 Å². The van der Waals surface area contributed by atoms with E-state index in [0.717, 1.165) is 4.57 Å². The Hall–Kier alpha value is -2.40. The van der Waals surface area contributed by atoms with Crippen LogP contribution in [0.3, 0.4) is 0 Å². The van der Waals surface area contributed by atoms with Gasteiger partial charge >= 0.3 is 5.69 Å². The molecule has 0 radical (unpaired) electrons. The monoisotopic (exact) mass is 503 g/mol. The number of alkyl halides is 1. The summed E-state index contributed by atoms with van der Waals surface area (Å²) in [5, 5.41) is 13.5. The Bertz CT molecular complexity index is 1150. The minimum Gasteiger partial charge on any atom is -0.495 e. The number of ether oxygens (including phenoxy) is 2. The summed E-state index contributed by atoms with van der Waals surface area (Å²) in [6.07, 6.45) is -4.60. The molecule has 1 saturated heterocycles. The highest BCUT2D eigenvalue weighted by Gasteiger charge is 2.45. The smallest absolute Gasteiger partial charge is 0.330 e. The SMILES string of the molecule is CCc1cn([C@@H]2O[C@H](CNC(=O)[C@@H](C)c3cc(OC)c(Cl)cc3Cl)[C@@H](O)[C@H]2F)c(=O)[nH]c1=O. The molecule has 0 aliphatic carbocycles. The molecule has 1 aliphatic rings. The van der Waals surface area contributed by atoms with E-state index in [4.69, 9.17) is 32.7 Å². The van der Waals surface area contributed by atoms with E-state index in [1.165, 1.54) is 19.4 Å². The molecule has 2 aromatic rings. The molecule has 1 amide bonds. The van der Waals surface area contributed by atoms with E-state index < -0.39 is 47.7 Å².